The molecule has 194 valence electrons. The number of halogens is 1. The van der Waals surface area contributed by atoms with Gasteiger partial charge >= 0.3 is 5.97 Å². The van der Waals surface area contributed by atoms with Crippen molar-refractivity contribution in [3.8, 4) is 34.0 Å². The molecule has 0 fully saturated rings. The van der Waals surface area contributed by atoms with Gasteiger partial charge in [-0.1, -0.05) is 28.1 Å². The van der Waals surface area contributed by atoms with Gasteiger partial charge < -0.3 is 14.2 Å². The van der Waals surface area contributed by atoms with E-state index in [0.29, 0.717) is 28.0 Å². The predicted molar refractivity (Wildman–Crippen MR) is 152 cm³/mol. The number of carbonyl (C=O) groups excluding carboxylic acids is 2. The lowest BCUT2D eigenvalue weighted by molar-refractivity contribution is 0.0475. The van der Waals surface area contributed by atoms with Crippen molar-refractivity contribution >= 4 is 38.7 Å². The fourth-order valence-electron chi connectivity index (χ4n) is 4.02. The van der Waals surface area contributed by atoms with Crippen molar-refractivity contribution in [2.45, 2.75) is 0 Å². The average molecular weight is 583 g/mol. The van der Waals surface area contributed by atoms with Crippen LogP contribution in [0.4, 0.5) is 0 Å². The van der Waals surface area contributed by atoms with Crippen LogP contribution in [0.5, 0.6) is 11.5 Å². The second-order valence-electron chi connectivity index (χ2n) is 8.59. The number of hydrogen-bond acceptors (Lipinski definition) is 7. The van der Waals surface area contributed by atoms with Crippen molar-refractivity contribution in [3.05, 3.63) is 107 Å². The number of ketones is 1. The summed E-state index contributed by atoms with van der Waals surface area (Å²) in [5.74, 6) is 0.554. The summed E-state index contributed by atoms with van der Waals surface area (Å²) in [5.41, 5.74) is 4.91. The summed E-state index contributed by atoms with van der Waals surface area (Å²) < 4.78 is 16.8. The number of Topliss-reactive ketones (excluding diaryl/α,β-unsaturated/α-hetero) is 1. The molecule has 0 bridgehead atoms. The smallest absolute Gasteiger partial charge is 0.338 e. The van der Waals surface area contributed by atoms with Gasteiger partial charge in [0, 0.05) is 21.2 Å². The third-order valence-corrected chi connectivity index (χ3v) is 6.66. The first kappa shape index (κ1) is 26.1. The van der Waals surface area contributed by atoms with E-state index in [1.54, 1.807) is 56.7 Å². The minimum Gasteiger partial charge on any atom is -0.497 e. The van der Waals surface area contributed by atoms with Crippen molar-refractivity contribution < 1.29 is 23.8 Å². The summed E-state index contributed by atoms with van der Waals surface area (Å²) in [4.78, 5) is 35.0. The van der Waals surface area contributed by atoms with Crippen LogP contribution >= 0.6 is 15.9 Å². The highest BCUT2D eigenvalue weighted by Gasteiger charge is 2.17. The molecule has 0 aliphatic rings. The van der Waals surface area contributed by atoms with Gasteiger partial charge in [-0.3, -0.25) is 4.79 Å². The van der Waals surface area contributed by atoms with E-state index in [-0.39, 0.29) is 18.0 Å². The SMILES string of the molecule is COc1ccc(-c2nc3ccc(C(=O)OCC(=O)c4ccc(Br)cc4)cc3nc2-c2ccc(OC)cc2)cc1. The molecule has 0 spiro atoms. The predicted octanol–water partition coefficient (Wildman–Crippen LogP) is 6.78. The molecular weight excluding hydrogens is 560 g/mol. The van der Waals surface area contributed by atoms with Crippen molar-refractivity contribution in [1.82, 2.24) is 9.97 Å². The van der Waals surface area contributed by atoms with Gasteiger partial charge in [0.25, 0.3) is 0 Å². The third kappa shape index (κ3) is 5.81. The Bertz CT molecular complexity index is 1650. The minimum atomic E-state index is -0.616. The summed E-state index contributed by atoms with van der Waals surface area (Å²) in [6.45, 7) is -0.363. The first-order chi connectivity index (χ1) is 18.9. The Balaban J connectivity index is 1.48. The van der Waals surface area contributed by atoms with Gasteiger partial charge in [0.2, 0.25) is 0 Å². The number of hydrogen-bond donors (Lipinski definition) is 0. The molecule has 0 atom stereocenters. The Hall–Kier alpha value is -4.56. The highest BCUT2D eigenvalue weighted by atomic mass is 79.9. The first-order valence-electron chi connectivity index (χ1n) is 12.0. The molecule has 0 aliphatic heterocycles. The lowest BCUT2D eigenvalue weighted by atomic mass is 10.0. The minimum absolute atomic E-state index is 0.276. The molecule has 0 aliphatic carbocycles. The van der Waals surface area contributed by atoms with E-state index in [9.17, 15) is 9.59 Å². The van der Waals surface area contributed by atoms with Crippen LogP contribution in [0.15, 0.2) is 95.5 Å². The molecule has 1 aromatic heterocycles. The maximum absolute atomic E-state index is 12.8. The van der Waals surface area contributed by atoms with E-state index in [4.69, 9.17) is 24.2 Å². The number of ether oxygens (including phenoxy) is 3. The largest absolute Gasteiger partial charge is 0.497 e. The Morgan fingerprint density at radius 3 is 1.72 bits per heavy atom. The number of esters is 1. The van der Waals surface area contributed by atoms with E-state index < -0.39 is 5.97 Å². The van der Waals surface area contributed by atoms with Crippen LogP contribution in [-0.2, 0) is 4.74 Å². The maximum atomic E-state index is 12.8. The van der Waals surface area contributed by atoms with E-state index in [1.807, 2.05) is 48.5 Å². The monoisotopic (exact) mass is 582 g/mol. The highest BCUT2D eigenvalue weighted by molar-refractivity contribution is 9.10. The van der Waals surface area contributed by atoms with Crippen LogP contribution in [0, 0.1) is 0 Å². The van der Waals surface area contributed by atoms with E-state index in [0.717, 1.165) is 27.1 Å². The molecule has 5 aromatic rings. The number of aromatic nitrogens is 2. The third-order valence-electron chi connectivity index (χ3n) is 6.13. The zero-order chi connectivity index (χ0) is 27.4. The number of methoxy groups -OCH3 is 2. The average Bonchev–Trinajstić information content (AvgIpc) is 2.99. The van der Waals surface area contributed by atoms with Gasteiger partial charge in [0.15, 0.2) is 12.4 Å². The van der Waals surface area contributed by atoms with Crippen molar-refractivity contribution in [3.63, 3.8) is 0 Å². The fraction of sp³-hybridized carbons (Fsp3) is 0.0968. The van der Waals surface area contributed by atoms with Crippen LogP contribution < -0.4 is 9.47 Å². The second kappa shape index (κ2) is 11.4. The Kier molecular flexibility index (Phi) is 7.65. The number of nitrogens with zero attached hydrogens (tertiary/aromatic N) is 2. The quantitative estimate of drug-likeness (QED) is 0.147. The normalized spacial score (nSPS) is 10.7. The lowest BCUT2D eigenvalue weighted by Crippen LogP contribution is -2.14. The molecule has 7 nitrogen and oxygen atoms in total. The summed E-state index contributed by atoms with van der Waals surface area (Å²) in [6.07, 6.45) is 0. The standard InChI is InChI=1S/C31H23BrN2O5/c1-37-24-12-5-20(6-13-24)29-30(21-7-14-25(38-2)15-8-21)34-27-17-22(9-16-26(27)33-29)31(36)39-18-28(35)19-3-10-23(32)11-4-19/h3-17H,18H2,1-2H3. The molecule has 8 heteroatoms. The molecule has 0 amide bonds. The summed E-state index contributed by atoms with van der Waals surface area (Å²) in [6, 6.07) is 27.0. The van der Waals surface area contributed by atoms with Gasteiger partial charge in [-0.25, -0.2) is 14.8 Å². The van der Waals surface area contributed by atoms with E-state index >= 15 is 0 Å². The molecule has 0 saturated heterocycles. The summed E-state index contributed by atoms with van der Waals surface area (Å²) in [7, 11) is 3.23. The topological polar surface area (TPSA) is 87.6 Å². The fourth-order valence-corrected chi connectivity index (χ4v) is 4.28. The van der Waals surface area contributed by atoms with Crippen molar-refractivity contribution in [1.29, 1.82) is 0 Å². The van der Waals surface area contributed by atoms with Crippen LogP contribution in [-0.4, -0.2) is 42.5 Å². The van der Waals surface area contributed by atoms with Crippen LogP contribution in [0.2, 0.25) is 0 Å². The zero-order valence-corrected chi connectivity index (χ0v) is 22.8. The molecule has 0 radical (unpaired) electrons. The van der Waals surface area contributed by atoms with Gasteiger partial charge in [-0.15, -0.1) is 0 Å². The second-order valence-corrected chi connectivity index (χ2v) is 9.50. The van der Waals surface area contributed by atoms with Crippen LogP contribution in [0.1, 0.15) is 20.7 Å². The Labute approximate surface area is 233 Å². The van der Waals surface area contributed by atoms with E-state index in [2.05, 4.69) is 15.9 Å². The highest BCUT2D eigenvalue weighted by Crippen LogP contribution is 2.33. The van der Waals surface area contributed by atoms with Crippen LogP contribution in [0.3, 0.4) is 0 Å². The Morgan fingerprint density at radius 1 is 0.667 bits per heavy atom. The van der Waals surface area contributed by atoms with Crippen LogP contribution in [0.25, 0.3) is 33.5 Å². The molecule has 1 heterocycles. The first-order valence-corrected chi connectivity index (χ1v) is 12.8. The van der Waals surface area contributed by atoms with Gasteiger partial charge in [0.1, 0.15) is 11.5 Å². The van der Waals surface area contributed by atoms with E-state index in [1.165, 1.54) is 0 Å². The molecule has 4 aromatic carbocycles. The molecule has 0 N–H and O–H groups in total. The molecule has 5 rings (SSSR count). The summed E-state index contributed by atoms with van der Waals surface area (Å²) in [5, 5.41) is 0. The van der Waals surface area contributed by atoms with Gasteiger partial charge in [-0.05, 0) is 78.9 Å². The van der Waals surface area contributed by atoms with Gasteiger partial charge in [0.05, 0.1) is 42.2 Å². The lowest BCUT2D eigenvalue weighted by Gasteiger charge is -2.12. The van der Waals surface area contributed by atoms with Crippen molar-refractivity contribution in [2.24, 2.45) is 0 Å². The number of rotatable bonds is 8. The molecule has 0 unspecified atom stereocenters. The van der Waals surface area contributed by atoms with Gasteiger partial charge in [-0.2, -0.15) is 0 Å². The molecule has 0 saturated carbocycles. The molecular formula is C31H23BrN2O5. The number of benzene rings is 4. The number of fused-ring (bicyclic) bond motifs is 1. The summed E-state index contributed by atoms with van der Waals surface area (Å²) >= 11 is 3.34. The molecule has 39 heavy (non-hydrogen) atoms. The number of carbonyl (C=O) groups is 2. The van der Waals surface area contributed by atoms with Crippen molar-refractivity contribution in [2.75, 3.05) is 20.8 Å². The Morgan fingerprint density at radius 2 is 1.18 bits per heavy atom. The zero-order valence-electron chi connectivity index (χ0n) is 21.2. The maximum Gasteiger partial charge on any atom is 0.338 e.